The Balaban J connectivity index is 3.05. The molecule has 1 unspecified atom stereocenters. The summed E-state index contributed by atoms with van der Waals surface area (Å²) in [5.41, 5.74) is -0.739. The van der Waals surface area contributed by atoms with Gasteiger partial charge in [0.15, 0.2) is 5.78 Å². The van der Waals surface area contributed by atoms with E-state index in [1.807, 2.05) is 0 Å². The lowest BCUT2D eigenvalue weighted by molar-refractivity contribution is 0.0438. The Morgan fingerprint density at radius 3 is 2.41 bits per heavy atom. The number of rotatable bonds is 3. The van der Waals surface area contributed by atoms with Gasteiger partial charge in [-0.15, -0.1) is 0 Å². The van der Waals surface area contributed by atoms with Crippen molar-refractivity contribution >= 4 is 5.78 Å². The van der Waals surface area contributed by atoms with Crippen molar-refractivity contribution < 1.29 is 19.0 Å². The van der Waals surface area contributed by atoms with Gasteiger partial charge in [0.2, 0.25) is 0 Å². The molecule has 0 aliphatic heterocycles. The van der Waals surface area contributed by atoms with Crippen LogP contribution in [0.25, 0.3) is 0 Å². The summed E-state index contributed by atoms with van der Waals surface area (Å²) in [6, 6.07) is 3.94. The van der Waals surface area contributed by atoms with Crippen molar-refractivity contribution in [2.24, 2.45) is 5.41 Å². The van der Waals surface area contributed by atoms with Gasteiger partial charge in [0.05, 0.1) is 12.7 Å². The average molecular weight is 240 g/mol. The van der Waals surface area contributed by atoms with Crippen molar-refractivity contribution in [3.8, 4) is 5.75 Å². The van der Waals surface area contributed by atoms with E-state index in [1.54, 1.807) is 20.8 Å². The van der Waals surface area contributed by atoms with Gasteiger partial charge >= 0.3 is 0 Å². The summed E-state index contributed by atoms with van der Waals surface area (Å²) < 4.78 is 18.5. The van der Waals surface area contributed by atoms with Gasteiger partial charge in [0, 0.05) is 6.07 Å². The van der Waals surface area contributed by atoms with Gasteiger partial charge in [0.25, 0.3) is 0 Å². The van der Waals surface area contributed by atoms with Crippen LogP contribution in [0.1, 0.15) is 31.1 Å². The molecule has 17 heavy (non-hydrogen) atoms. The largest absolute Gasteiger partial charge is 0.497 e. The standard InChI is InChI=1S/C13H17FO3/c1-13(2,3)12(16)11(15)9-6-5-8(17-4)7-10(9)14/h5-7,12,16H,1-4H3. The maximum absolute atomic E-state index is 13.6. The van der Waals surface area contributed by atoms with Crippen LogP contribution in [-0.4, -0.2) is 24.1 Å². The fraction of sp³-hybridized carbons (Fsp3) is 0.462. The van der Waals surface area contributed by atoms with E-state index in [0.29, 0.717) is 5.75 Å². The molecule has 0 aliphatic rings. The lowest BCUT2D eigenvalue weighted by atomic mass is 9.84. The lowest BCUT2D eigenvalue weighted by Crippen LogP contribution is -2.34. The van der Waals surface area contributed by atoms with Crippen LogP contribution in [0.3, 0.4) is 0 Å². The quantitative estimate of drug-likeness (QED) is 0.825. The van der Waals surface area contributed by atoms with Crippen molar-refractivity contribution in [1.82, 2.24) is 0 Å². The van der Waals surface area contributed by atoms with E-state index in [9.17, 15) is 14.3 Å². The first kappa shape index (κ1) is 13.6. The first-order valence-electron chi connectivity index (χ1n) is 5.33. The van der Waals surface area contributed by atoms with Crippen molar-refractivity contribution in [3.05, 3.63) is 29.6 Å². The molecule has 94 valence electrons. The molecule has 0 saturated carbocycles. The van der Waals surface area contributed by atoms with Crippen LogP contribution in [0.2, 0.25) is 0 Å². The van der Waals surface area contributed by atoms with Crippen molar-refractivity contribution in [2.45, 2.75) is 26.9 Å². The highest BCUT2D eigenvalue weighted by atomic mass is 19.1. The van der Waals surface area contributed by atoms with Crippen LogP contribution in [0.15, 0.2) is 18.2 Å². The number of Topliss-reactive ketones (excluding diaryl/α,β-unsaturated/α-hetero) is 1. The van der Waals surface area contributed by atoms with E-state index in [2.05, 4.69) is 0 Å². The second-order valence-corrected chi connectivity index (χ2v) is 4.98. The molecule has 3 nitrogen and oxygen atoms in total. The van der Waals surface area contributed by atoms with E-state index in [-0.39, 0.29) is 5.56 Å². The summed E-state index contributed by atoms with van der Waals surface area (Å²) in [5, 5.41) is 9.81. The number of hydrogen-bond donors (Lipinski definition) is 1. The van der Waals surface area contributed by atoms with Gasteiger partial charge in [-0.25, -0.2) is 4.39 Å². The SMILES string of the molecule is COc1ccc(C(=O)C(O)C(C)(C)C)c(F)c1. The van der Waals surface area contributed by atoms with E-state index in [1.165, 1.54) is 19.2 Å². The molecule has 0 spiro atoms. The van der Waals surface area contributed by atoms with Crippen LogP contribution < -0.4 is 4.74 Å². The average Bonchev–Trinajstić information content (AvgIpc) is 2.25. The number of ether oxygens (including phenoxy) is 1. The molecule has 0 saturated heterocycles. The van der Waals surface area contributed by atoms with Gasteiger partial charge in [0.1, 0.15) is 17.7 Å². The van der Waals surface area contributed by atoms with Gasteiger partial charge in [-0.1, -0.05) is 20.8 Å². The summed E-state index contributed by atoms with van der Waals surface area (Å²) in [6.45, 7) is 5.16. The topological polar surface area (TPSA) is 46.5 Å². The summed E-state index contributed by atoms with van der Waals surface area (Å²) >= 11 is 0. The zero-order chi connectivity index (χ0) is 13.2. The molecular formula is C13H17FO3. The number of hydrogen-bond acceptors (Lipinski definition) is 3. The third kappa shape index (κ3) is 3.03. The number of halogens is 1. The number of methoxy groups -OCH3 is 1. The number of carbonyl (C=O) groups is 1. The summed E-state index contributed by atoms with van der Waals surface area (Å²) in [7, 11) is 1.42. The number of aliphatic hydroxyl groups excluding tert-OH is 1. The van der Waals surface area contributed by atoms with Crippen LogP contribution >= 0.6 is 0 Å². The molecule has 1 aromatic carbocycles. The molecule has 1 aromatic rings. The monoisotopic (exact) mass is 240 g/mol. The van der Waals surface area contributed by atoms with Crippen molar-refractivity contribution in [3.63, 3.8) is 0 Å². The normalized spacial score (nSPS) is 13.3. The zero-order valence-electron chi connectivity index (χ0n) is 10.5. The molecule has 0 heterocycles. The Labute approximate surface area is 100 Å². The first-order valence-corrected chi connectivity index (χ1v) is 5.33. The van der Waals surface area contributed by atoms with Crippen molar-refractivity contribution in [2.75, 3.05) is 7.11 Å². The predicted octanol–water partition coefficient (Wildman–Crippen LogP) is 2.42. The Morgan fingerprint density at radius 1 is 1.41 bits per heavy atom. The fourth-order valence-corrected chi connectivity index (χ4v) is 1.36. The Morgan fingerprint density at radius 2 is 2.00 bits per heavy atom. The molecule has 0 bridgehead atoms. The number of ketones is 1. The number of carbonyl (C=O) groups excluding carboxylic acids is 1. The smallest absolute Gasteiger partial charge is 0.194 e. The highest BCUT2D eigenvalue weighted by molar-refractivity contribution is 6.00. The van der Waals surface area contributed by atoms with Gasteiger partial charge in [-0.2, -0.15) is 0 Å². The maximum atomic E-state index is 13.6. The molecule has 0 radical (unpaired) electrons. The zero-order valence-corrected chi connectivity index (χ0v) is 10.5. The van der Waals surface area contributed by atoms with Gasteiger partial charge in [-0.05, 0) is 17.5 Å². The molecule has 0 aliphatic carbocycles. The minimum Gasteiger partial charge on any atom is -0.497 e. The Kier molecular flexibility index (Phi) is 3.88. The molecule has 1 atom stereocenters. The van der Waals surface area contributed by atoms with Crippen LogP contribution in [0.4, 0.5) is 4.39 Å². The van der Waals surface area contributed by atoms with Crippen LogP contribution in [-0.2, 0) is 0 Å². The Bertz CT molecular complexity index is 421. The molecule has 1 N–H and O–H groups in total. The predicted molar refractivity (Wildman–Crippen MR) is 62.7 cm³/mol. The second kappa shape index (κ2) is 4.84. The number of aliphatic hydroxyl groups is 1. The van der Waals surface area contributed by atoms with Crippen LogP contribution in [0.5, 0.6) is 5.75 Å². The molecule has 0 aromatic heterocycles. The minimum absolute atomic E-state index is 0.117. The van der Waals surface area contributed by atoms with E-state index in [4.69, 9.17) is 4.74 Å². The minimum atomic E-state index is -1.23. The second-order valence-electron chi connectivity index (χ2n) is 4.98. The van der Waals surface area contributed by atoms with Crippen LogP contribution in [0, 0.1) is 11.2 Å². The summed E-state index contributed by atoms with van der Waals surface area (Å²) in [4.78, 5) is 11.9. The highest BCUT2D eigenvalue weighted by Gasteiger charge is 2.31. The molecule has 0 amide bonds. The Hall–Kier alpha value is -1.42. The molecular weight excluding hydrogens is 223 g/mol. The number of benzene rings is 1. The van der Waals surface area contributed by atoms with Gasteiger partial charge in [-0.3, -0.25) is 4.79 Å². The fourth-order valence-electron chi connectivity index (χ4n) is 1.36. The van der Waals surface area contributed by atoms with E-state index < -0.39 is 23.1 Å². The third-order valence-corrected chi connectivity index (χ3v) is 2.51. The summed E-state index contributed by atoms with van der Waals surface area (Å²) in [5.74, 6) is -0.959. The van der Waals surface area contributed by atoms with Gasteiger partial charge < -0.3 is 9.84 Å². The lowest BCUT2D eigenvalue weighted by Gasteiger charge is -2.24. The summed E-state index contributed by atoms with van der Waals surface area (Å²) in [6.07, 6.45) is -1.23. The molecule has 4 heteroatoms. The van der Waals surface area contributed by atoms with Crippen molar-refractivity contribution in [1.29, 1.82) is 0 Å². The maximum Gasteiger partial charge on any atom is 0.194 e. The molecule has 1 rings (SSSR count). The highest BCUT2D eigenvalue weighted by Crippen LogP contribution is 2.25. The van der Waals surface area contributed by atoms with E-state index >= 15 is 0 Å². The third-order valence-electron chi connectivity index (χ3n) is 2.51. The van der Waals surface area contributed by atoms with E-state index in [0.717, 1.165) is 6.07 Å². The molecule has 0 fully saturated rings. The first-order chi connectivity index (χ1) is 7.77.